The van der Waals surface area contributed by atoms with E-state index in [4.69, 9.17) is 9.26 Å². The summed E-state index contributed by atoms with van der Waals surface area (Å²) in [5.41, 5.74) is 1.40. The number of aryl methyl sites for hydroxylation is 1. The second kappa shape index (κ2) is 7.67. The van der Waals surface area contributed by atoms with Crippen LogP contribution >= 0.6 is 0 Å². The molecule has 0 unspecified atom stereocenters. The number of nitrogens with one attached hydrogen (secondary N) is 1. The SMILES string of the molecule is COc1ccccc1-c1noc(CCNS(=O)(=O)c2ccccc2C)n1. The van der Waals surface area contributed by atoms with Gasteiger partial charge >= 0.3 is 0 Å². The van der Waals surface area contributed by atoms with Crippen LogP contribution in [0.2, 0.25) is 0 Å². The van der Waals surface area contributed by atoms with Crippen LogP contribution in [0.25, 0.3) is 11.4 Å². The number of hydrogen-bond acceptors (Lipinski definition) is 6. The summed E-state index contributed by atoms with van der Waals surface area (Å²) in [6.45, 7) is 1.91. The molecule has 3 rings (SSSR count). The number of aromatic nitrogens is 2. The highest BCUT2D eigenvalue weighted by atomic mass is 32.2. The van der Waals surface area contributed by atoms with Crippen molar-refractivity contribution in [2.75, 3.05) is 13.7 Å². The molecule has 0 spiro atoms. The molecule has 0 saturated heterocycles. The molecule has 0 atom stereocenters. The van der Waals surface area contributed by atoms with Gasteiger partial charge in [-0.05, 0) is 30.7 Å². The summed E-state index contributed by atoms with van der Waals surface area (Å²) in [6, 6.07) is 14.2. The number of nitrogens with zero attached hydrogens (tertiary/aromatic N) is 2. The van der Waals surface area contributed by atoms with Crippen LogP contribution in [-0.2, 0) is 16.4 Å². The summed E-state index contributed by atoms with van der Waals surface area (Å²) in [5, 5.41) is 3.94. The van der Waals surface area contributed by atoms with E-state index < -0.39 is 10.0 Å². The molecule has 3 aromatic rings. The molecule has 136 valence electrons. The van der Waals surface area contributed by atoms with E-state index in [0.717, 1.165) is 0 Å². The molecule has 0 aliphatic carbocycles. The van der Waals surface area contributed by atoms with Gasteiger partial charge in [0.25, 0.3) is 0 Å². The quantitative estimate of drug-likeness (QED) is 0.684. The lowest BCUT2D eigenvalue weighted by Gasteiger charge is -2.07. The molecule has 0 aliphatic rings. The first-order valence-corrected chi connectivity index (χ1v) is 9.51. The minimum atomic E-state index is -3.58. The zero-order valence-corrected chi connectivity index (χ0v) is 15.3. The second-order valence-corrected chi connectivity index (χ2v) is 7.36. The molecule has 8 heteroatoms. The predicted octanol–water partition coefficient (Wildman–Crippen LogP) is 2.57. The smallest absolute Gasteiger partial charge is 0.240 e. The van der Waals surface area contributed by atoms with Crippen molar-refractivity contribution < 1.29 is 17.7 Å². The average molecular weight is 373 g/mol. The molecule has 1 aromatic heterocycles. The van der Waals surface area contributed by atoms with Gasteiger partial charge in [0.2, 0.25) is 21.7 Å². The van der Waals surface area contributed by atoms with Crippen molar-refractivity contribution >= 4 is 10.0 Å². The van der Waals surface area contributed by atoms with Gasteiger partial charge in [-0.2, -0.15) is 4.98 Å². The van der Waals surface area contributed by atoms with Gasteiger partial charge in [-0.3, -0.25) is 0 Å². The summed E-state index contributed by atoms with van der Waals surface area (Å²) in [4.78, 5) is 4.57. The molecule has 0 bridgehead atoms. The second-order valence-electron chi connectivity index (χ2n) is 5.63. The van der Waals surface area contributed by atoms with Crippen LogP contribution in [0.15, 0.2) is 57.9 Å². The predicted molar refractivity (Wildman–Crippen MR) is 96.4 cm³/mol. The molecule has 26 heavy (non-hydrogen) atoms. The van der Waals surface area contributed by atoms with E-state index in [-0.39, 0.29) is 17.9 Å². The highest BCUT2D eigenvalue weighted by molar-refractivity contribution is 7.89. The van der Waals surface area contributed by atoms with E-state index >= 15 is 0 Å². The Labute approximate surface area is 152 Å². The van der Waals surface area contributed by atoms with Crippen LogP contribution in [0, 0.1) is 6.92 Å². The number of hydrogen-bond donors (Lipinski definition) is 1. The molecule has 0 amide bonds. The monoisotopic (exact) mass is 373 g/mol. The first-order valence-electron chi connectivity index (χ1n) is 8.02. The van der Waals surface area contributed by atoms with E-state index in [2.05, 4.69) is 14.9 Å². The first-order chi connectivity index (χ1) is 12.5. The maximum atomic E-state index is 12.4. The maximum absolute atomic E-state index is 12.4. The Kier molecular flexibility index (Phi) is 5.34. The molecule has 0 radical (unpaired) electrons. The lowest BCUT2D eigenvalue weighted by Crippen LogP contribution is -2.26. The molecule has 0 saturated carbocycles. The van der Waals surface area contributed by atoms with Gasteiger partial charge in [0, 0.05) is 13.0 Å². The zero-order valence-electron chi connectivity index (χ0n) is 14.5. The summed E-state index contributed by atoms with van der Waals surface area (Å²) < 4.78 is 37.8. The fourth-order valence-electron chi connectivity index (χ4n) is 2.52. The number of ether oxygens (including phenoxy) is 1. The summed E-state index contributed by atoms with van der Waals surface area (Å²) in [5.74, 6) is 1.39. The molecule has 1 heterocycles. The van der Waals surface area contributed by atoms with Crippen LogP contribution < -0.4 is 9.46 Å². The third-order valence-corrected chi connectivity index (χ3v) is 5.45. The van der Waals surface area contributed by atoms with Gasteiger partial charge in [-0.25, -0.2) is 13.1 Å². The maximum Gasteiger partial charge on any atom is 0.240 e. The number of sulfonamides is 1. The van der Waals surface area contributed by atoms with Gasteiger partial charge in [0.15, 0.2) is 0 Å². The number of benzene rings is 2. The Morgan fingerprint density at radius 2 is 1.85 bits per heavy atom. The van der Waals surface area contributed by atoms with Crippen LogP contribution in [0.5, 0.6) is 5.75 Å². The van der Waals surface area contributed by atoms with E-state index in [0.29, 0.717) is 28.6 Å². The van der Waals surface area contributed by atoms with Gasteiger partial charge in [0.1, 0.15) is 5.75 Å². The van der Waals surface area contributed by atoms with Crippen molar-refractivity contribution in [3.05, 3.63) is 60.0 Å². The van der Waals surface area contributed by atoms with E-state index in [1.54, 1.807) is 38.3 Å². The fraction of sp³-hybridized carbons (Fsp3) is 0.222. The number of para-hydroxylation sites is 1. The van der Waals surface area contributed by atoms with Crippen molar-refractivity contribution in [2.45, 2.75) is 18.2 Å². The third kappa shape index (κ3) is 3.92. The van der Waals surface area contributed by atoms with Crippen molar-refractivity contribution in [3.8, 4) is 17.1 Å². The van der Waals surface area contributed by atoms with Crippen LogP contribution in [0.1, 0.15) is 11.5 Å². The van der Waals surface area contributed by atoms with Crippen LogP contribution in [-0.4, -0.2) is 32.2 Å². The van der Waals surface area contributed by atoms with Crippen LogP contribution in [0.4, 0.5) is 0 Å². The molecule has 2 aromatic carbocycles. The van der Waals surface area contributed by atoms with Gasteiger partial charge in [-0.15, -0.1) is 0 Å². The van der Waals surface area contributed by atoms with Crippen molar-refractivity contribution in [2.24, 2.45) is 0 Å². The molecule has 1 N–H and O–H groups in total. The largest absolute Gasteiger partial charge is 0.496 e. The minimum Gasteiger partial charge on any atom is -0.496 e. The highest BCUT2D eigenvalue weighted by Crippen LogP contribution is 2.27. The van der Waals surface area contributed by atoms with Crippen molar-refractivity contribution in [1.29, 1.82) is 0 Å². The van der Waals surface area contributed by atoms with Gasteiger partial charge in [-0.1, -0.05) is 35.5 Å². The molecule has 7 nitrogen and oxygen atoms in total. The van der Waals surface area contributed by atoms with Gasteiger partial charge in [0.05, 0.1) is 17.6 Å². The fourth-order valence-corrected chi connectivity index (χ4v) is 3.80. The standard InChI is InChI=1S/C18H19N3O4S/c1-13-7-3-6-10-16(13)26(22,23)19-12-11-17-20-18(21-25-17)14-8-4-5-9-15(14)24-2/h3-10,19H,11-12H2,1-2H3. The van der Waals surface area contributed by atoms with Gasteiger partial charge < -0.3 is 9.26 Å². The summed E-state index contributed by atoms with van der Waals surface area (Å²) in [7, 11) is -2.01. The van der Waals surface area contributed by atoms with E-state index in [1.807, 2.05) is 24.3 Å². The first kappa shape index (κ1) is 18.1. The Balaban J connectivity index is 1.67. The number of rotatable bonds is 7. The van der Waals surface area contributed by atoms with Crippen LogP contribution in [0.3, 0.4) is 0 Å². The Morgan fingerprint density at radius 3 is 2.62 bits per heavy atom. The lowest BCUT2D eigenvalue weighted by atomic mass is 10.2. The summed E-state index contributed by atoms with van der Waals surface area (Å²) >= 11 is 0. The minimum absolute atomic E-state index is 0.157. The lowest BCUT2D eigenvalue weighted by molar-refractivity contribution is 0.378. The third-order valence-electron chi connectivity index (χ3n) is 3.83. The topological polar surface area (TPSA) is 94.3 Å². The van der Waals surface area contributed by atoms with Crippen molar-refractivity contribution in [1.82, 2.24) is 14.9 Å². The molecular formula is C18H19N3O4S. The Morgan fingerprint density at radius 1 is 1.12 bits per heavy atom. The number of methoxy groups -OCH3 is 1. The zero-order chi connectivity index (χ0) is 18.6. The highest BCUT2D eigenvalue weighted by Gasteiger charge is 2.17. The Hall–Kier alpha value is -2.71. The average Bonchev–Trinajstić information content (AvgIpc) is 3.10. The molecule has 0 aliphatic heterocycles. The normalized spacial score (nSPS) is 11.5. The van der Waals surface area contributed by atoms with E-state index in [1.165, 1.54) is 0 Å². The summed E-state index contributed by atoms with van der Waals surface area (Å²) in [6.07, 6.45) is 0.285. The van der Waals surface area contributed by atoms with E-state index in [9.17, 15) is 8.42 Å². The molecular weight excluding hydrogens is 354 g/mol. The Bertz CT molecular complexity index is 999. The van der Waals surface area contributed by atoms with Crippen molar-refractivity contribution in [3.63, 3.8) is 0 Å². The molecule has 0 fully saturated rings.